The number of nitrogens with zero attached hydrogens (tertiary/aromatic N) is 2. The maximum atomic E-state index is 12.2. The van der Waals surface area contributed by atoms with E-state index in [0.717, 1.165) is 31.2 Å². The number of benzene rings is 2. The Bertz CT molecular complexity index is 941. The van der Waals surface area contributed by atoms with Gasteiger partial charge in [0.25, 0.3) is 0 Å². The molecule has 1 atom stereocenters. The predicted octanol–water partition coefficient (Wildman–Crippen LogP) is 3.36. The van der Waals surface area contributed by atoms with Gasteiger partial charge in [-0.05, 0) is 56.2 Å². The summed E-state index contributed by atoms with van der Waals surface area (Å²) in [6.45, 7) is 5.87. The number of rotatable bonds is 6. The first-order chi connectivity index (χ1) is 16.2. The Morgan fingerprint density at radius 2 is 1.65 bits per heavy atom. The first kappa shape index (κ1) is 24.7. The molecule has 2 N–H and O–H groups in total. The molecule has 1 saturated heterocycles. The zero-order valence-corrected chi connectivity index (χ0v) is 20.4. The van der Waals surface area contributed by atoms with E-state index in [9.17, 15) is 15.0 Å². The standard InChI is InChI=1S/C28H38N2O4/c1-22-8-10-26(11-9-22)34-21-28(33)19-29(16-17-30(20-28)23(2)31)18-27(32)14-12-25(13-15-27)24-6-4-3-5-7-24/h3-11,25,32-33H,12-21H2,1-2H3. The number of β-amino-alcohol motifs (C(OH)–C–C–N with tert-alkyl or cyclic N) is 2. The summed E-state index contributed by atoms with van der Waals surface area (Å²) in [5.74, 6) is 1.12. The molecule has 184 valence electrons. The van der Waals surface area contributed by atoms with E-state index in [0.29, 0.717) is 37.8 Å². The fourth-order valence-electron chi connectivity index (χ4n) is 5.38. The SMILES string of the molecule is CC(=O)N1CCN(CC2(O)CCC(c3ccccc3)CC2)CC(O)(COc2ccc(C)cc2)C1. The van der Waals surface area contributed by atoms with E-state index in [1.165, 1.54) is 12.5 Å². The van der Waals surface area contributed by atoms with E-state index < -0.39 is 11.2 Å². The van der Waals surface area contributed by atoms with E-state index in [1.807, 2.05) is 37.3 Å². The molecule has 34 heavy (non-hydrogen) atoms. The second kappa shape index (κ2) is 10.5. The lowest BCUT2D eigenvalue weighted by atomic mass is 9.76. The highest BCUT2D eigenvalue weighted by Gasteiger charge is 2.41. The molecule has 6 heteroatoms. The van der Waals surface area contributed by atoms with Gasteiger partial charge >= 0.3 is 0 Å². The number of hydrogen-bond donors (Lipinski definition) is 2. The second-order valence-corrected chi connectivity index (χ2v) is 10.4. The van der Waals surface area contributed by atoms with Crippen molar-refractivity contribution in [2.75, 3.05) is 39.3 Å². The minimum atomic E-state index is -1.22. The Morgan fingerprint density at radius 1 is 0.971 bits per heavy atom. The number of carbonyl (C=O) groups is 1. The summed E-state index contributed by atoms with van der Waals surface area (Å²) in [5.41, 5.74) is 0.490. The zero-order chi connectivity index (χ0) is 24.2. The Kier molecular flexibility index (Phi) is 7.60. The molecule has 2 aliphatic rings. The minimum absolute atomic E-state index is 0.0577. The topological polar surface area (TPSA) is 73.2 Å². The molecule has 6 nitrogen and oxygen atoms in total. The largest absolute Gasteiger partial charge is 0.490 e. The van der Waals surface area contributed by atoms with Crippen LogP contribution in [-0.2, 0) is 4.79 Å². The normalized spacial score (nSPS) is 28.4. The summed E-state index contributed by atoms with van der Waals surface area (Å²) in [4.78, 5) is 16.0. The van der Waals surface area contributed by atoms with Gasteiger partial charge in [0.05, 0.1) is 12.1 Å². The fraction of sp³-hybridized carbons (Fsp3) is 0.536. The van der Waals surface area contributed by atoms with Crippen LogP contribution < -0.4 is 4.74 Å². The van der Waals surface area contributed by atoms with Gasteiger partial charge in [-0.25, -0.2) is 0 Å². The average Bonchev–Trinajstić information content (AvgIpc) is 2.98. The van der Waals surface area contributed by atoms with Crippen molar-refractivity contribution in [1.82, 2.24) is 9.80 Å². The average molecular weight is 467 g/mol. The summed E-state index contributed by atoms with van der Waals surface area (Å²) in [6, 6.07) is 18.3. The van der Waals surface area contributed by atoms with Crippen LogP contribution in [0.15, 0.2) is 54.6 Å². The van der Waals surface area contributed by atoms with E-state index in [1.54, 1.807) is 4.90 Å². The van der Waals surface area contributed by atoms with Gasteiger partial charge in [0.1, 0.15) is 18.0 Å². The monoisotopic (exact) mass is 466 g/mol. The lowest BCUT2D eigenvalue weighted by Gasteiger charge is -2.40. The van der Waals surface area contributed by atoms with Crippen molar-refractivity contribution in [2.45, 2.75) is 56.7 Å². The third-order valence-corrected chi connectivity index (χ3v) is 7.37. The highest BCUT2D eigenvalue weighted by molar-refractivity contribution is 5.73. The van der Waals surface area contributed by atoms with Gasteiger partial charge in [-0.1, -0.05) is 48.0 Å². The van der Waals surface area contributed by atoms with Gasteiger partial charge < -0.3 is 19.8 Å². The molecule has 1 unspecified atom stereocenters. The molecule has 2 aromatic rings. The van der Waals surface area contributed by atoms with Crippen LogP contribution in [0, 0.1) is 6.92 Å². The highest BCUT2D eigenvalue weighted by Crippen LogP contribution is 2.38. The molecule has 1 aliphatic carbocycles. The number of carbonyl (C=O) groups excluding carboxylic acids is 1. The van der Waals surface area contributed by atoms with Crippen LogP contribution >= 0.6 is 0 Å². The zero-order valence-electron chi connectivity index (χ0n) is 20.4. The van der Waals surface area contributed by atoms with Crippen LogP contribution in [0.1, 0.15) is 49.7 Å². The molecule has 0 bridgehead atoms. The summed E-state index contributed by atoms with van der Waals surface area (Å²) in [6.07, 6.45) is 3.37. The van der Waals surface area contributed by atoms with Gasteiger partial charge in [0.2, 0.25) is 5.91 Å². The predicted molar refractivity (Wildman–Crippen MR) is 133 cm³/mol. The molecule has 2 aromatic carbocycles. The van der Waals surface area contributed by atoms with E-state index in [2.05, 4.69) is 29.2 Å². The Morgan fingerprint density at radius 3 is 2.29 bits per heavy atom. The Labute approximate surface area is 203 Å². The number of aliphatic hydroxyl groups is 2. The van der Waals surface area contributed by atoms with Gasteiger partial charge in [0, 0.05) is 33.1 Å². The van der Waals surface area contributed by atoms with Crippen LogP contribution in [0.3, 0.4) is 0 Å². The molecule has 1 amide bonds. The van der Waals surface area contributed by atoms with Crippen molar-refractivity contribution >= 4 is 5.91 Å². The van der Waals surface area contributed by atoms with Crippen molar-refractivity contribution in [1.29, 1.82) is 0 Å². The summed E-state index contributed by atoms with van der Waals surface area (Å²) < 4.78 is 5.94. The number of amides is 1. The molecule has 0 radical (unpaired) electrons. The molecule has 1 aliphatic heterocycles. The van der Waals surface area contributed by atoms with Crippen LogP contribution in [0.5, 0.6) is 5.75 Å². The second-order valence-electron chi connectivity index (χ2n) is 10.4. The van der Waals surface area contributed by atoms with Crippen LogP contribution in [0.25, 0.3) is 0 Å². The fourth-order valence-corrected chi connectivity index (χ4v) is 5.38. The van der Waals surface area contributed by atoms with E-state index in [4.69, 9.17) is 4.74 Å². The Hall–Kier alpha value is -2.41. The number of ether oxygens (including phenoxy) is 1. The third kappa shape index (κ3) is 6.38. The number of hydrogen-bond acceptors (Lipinski definition) is 5. The Balaban J connectivity index is 1.40. The molecule has 1 saturated carbocycles. The van der Waals surface area contributed by atoms with Crippen molar-refractivity contribution in [3.8, 4) is 5.75 Å². The third-order valence-electron chi connectivity index (χ3n) is 7.37. The van der Waals surface area contributed by atoms with Gasteiger partial charge in [-0.15, -0.1) is 0 Å². The van der Waals surface area contributed by atoms with Gasteiger partial charge in [0.15, 0.2) is 0 Å². The van der Waals surface area contributed by atoms with Crippen molar-refractivity contribution < 1.29 is 19.7 Å². The van der Waals surface area contributed by atoms with Crippen LogP contribution in [0.4, 0.5) is 0 Å². The summed E-state index contributed by atoms with van der Waals surface area (Å²) >= 11 is 0. The van der Waals surface area contributed by atoms with Crippen LogP contribution in [-0.4, -0.2) is 76.5 Å². The molecular formula is C28H38N2O4. The van der Waals surface area contributed by atoms with Gasteiger partial charge in [-0.2, -0.15) is 0 Å². The maximum Gasteiger partial charge on any atom is 0.219 e. The van der Waals surface area contributed by atoms with Crippen LogP contribution in [0.2, 0.25) is 0 Å². The molecular weight excluding hydrogens is 428 g/mol. The minimum Gasteiger partial charge on any atom is -0.490 e. The van der Waals surface area contributed by atoms with Crippen molar-refractivity contribution in [2.24, 2.45) is 0 Å². The quantitative estimate of drug-likeness (QED) is 0.683. The maximum absolute atomic E-state index is 12.2. The highest BCUT2D eigenvalue weighted by atomic mass is 16.5. The lowest BCUT2D eigenvalue weighted by Crippen LogP contribution is -2.54. The number of aryl methyl sites for hydroxylation is 1. The van der Waals surface area contributed by atoms with Gasteiger partial charge in [-0.3, -0.25) is 9.69 Å². The summed E-state index contributed by atoms with van der Waals surface area (Å²) in [7, 11) is 0. The molecule has 2 fully saturated rings. The van der Waals surface area contributed by atoms with Crippen molar-refractivity contribution in [3.05, 3.63) is 65.7 Å². The van der Waals surface area contributed by atoms with Crippen molar-refractivity contribution in [3.63, 3.8) is 0 Å². The van der Waals surface area contributed by atoms with E-state index in [-0.39, 0.29) is 19.1 Å². The molecule has 4 rings (SSSR count). The lowest BCUT2D eigenvalue weighted by molar-refractivity contribution is -0.132. The summed E-state index contributed by atoms with van der Waals surface area (Å²) in [5, 5.41) is 22.9. The first-order valence-corrected chi connectivity index (χ1v) is 12.4. The smallest absolute Gasteiger partial charge is 0.219 e. The van der Waals surface area contributed by atoms with E-state index >= 15 is 0 Å². The first-order valence-electron chi connectivity index (χ1n) is 12.4. The molecule has 0 spiro atoms. The molecule has 1 heterocycles. The molecule has 0 aromatic heterocycles.